The second kappa shape index (κ2) is 6.28. The standard InChI is InChI=1S/C18H22N2O2/c1-12(19)15-8-7-14-6-5-13(11-16(14)20-15)9-10-18(2,3)17(21)22-4/h5-12H,19H2,1-4H3. The van der Waals surface area contributed by atoms with E-state index in [1.54, 1.807) is 0 Å². The van der Waals surface area contributed by atoms with Crippen LogP contribution in [0.15, 0.2) is 36.4 Å². The van der Waals surface area contributed by atoms with Crippen LogP contribution in [-0.4, -0.2) is 18.1 Å². The van der Waals surface area contributed by atoms with Crippen LogP contribution in [0.3, 0.4) is 0 Å². The van der Waals surface area contributed by atoms with Crippen LogP contribution in [0.2, 0.25) is 0 Å². The maximum atomic E-state index is 11.7. The molecule has 1 heterocycles. The van der Waals surface area contributed by atoms with Crippen molar-refractivity contribution in [2.24, 2.45) is 11.1 Å². The molecule has 1 atom stereocenters. The molecule has 22 heavy (non-hydrogen) atoms. The van der Waals surface area contributed by atoms with Crippen LogP contribution < -0.4 is 5.73 Å². The zero-order chi connectivity index (χ0) is 16.3. The third-order valence-corrected chi connectivity index (χ3v) is 3.61. The maximum absolute atomic E-state index is 11.7. The fourth-order valence-electron chi connectivity index (χ4n) is 2.14. The van der Waals surface area contributed by atoms with Crippen LogP contribution in [0.4, 0.5) is 0 Å². The molecule has 0 aliphatic carbocycles. The minimum absolute atomic E-state index is 0.0955. The minimum Gasteiger partial charge on any atom is -0.468 e. The Kier molecular flexibility index (Phi) is 4.62. The van der Waals surface area contributed by atoms with Crippen molar-refractivity contribution in [3.05, 3.63) is 47.7 Å². The molecule has 0 spiro atoms. The van der Waals surface area contributed by atoms with Gasteiger partial charge in [0.1, 0.15) is 0 Å². The fourth-order valence-corrected chi connectivity index (χ4v) is 2.14. The van der Waals surface area contributed by atoms with E-state index in [1.165, 1.54) is 7.11 Å². The Morgan fingerprint density at radius 1 is 1.32 bits per heavy atom. The van der Waals surface area contributed by atoms with Crippen molar-refractivity contribution in [2.45, 2.75) is 26.8 Å². The molecule has 4 nitrogen and oxygen atoms in total. The molecule has 0 fully saturated rings. The van der Waals surface area contributed by atoms with Crippen molar-refractivity contribution in [3.63, 3.8) is 0 Å². The number of esters is 1. The molecule has 1 unspecified atom stereocenters. The van der Waals surface area contributed by atoms with Gasteiger partial charge in [-0.25, -0.2) is 0 Å². The zero-order valence-electron chi connectivity index (χ0n) is 13.5. The largest absolute Gasteiger partial charge is 0.468 e. The number of hydrogen-bond acceptors (Lipinski definition) is 4. The quantitative estimate of drug-likeness (QED) is 0.878. The molecular formula is C18H22N2O2. The number of nitrogens with zero attached hydrogens (tertiary/aromatic N) is 1. The third-order valence-electron chi connectivity index (χ3n) is 3.61. The number of benzene rings is 1. The lowest BCUT2D eigenvalue weighted by atomic mass is 9.92. The number of nitrogens with two attached hydrogens (primary N) is 1. The van der Waals surface area contributed by atoms with Gasteiger partial charge in [0.2, 0.25) is 0 Å². The zero-order valence-corrected chi connectivity index (χ0v) is 13.5. The van der Waals surface area contributed by atoms with Crippen molar-refractivity contribution < 1.29 is 9.53 Å². The van der Waals surface area contributed by atoms with Gasteiger partial charge in [0.15, 0.2) is 0 Å². The van der Waals surface area contributed by atoms with Gasteiger partial charge in [-0.05, 0) is 38.5 Å². The lowest BCUT2D eigenvalue weighted by Crippen LogP contribution is -2.22. The van der Waals surface area contributed by atoms with Crippen LogP contribution in [0.1, 0.15) is 38.1 Å². The van der Waals surface area contributed by atoms with E-state index in [2.05, 4.69) is 4.98 Å². The first-order chi connectivity index (χ1) is 10.3. The normalized spacial score (nSPS) is 13.5. The number of pyridine rings is 1. The van der Waals surface area contributed by atoms with Crippen LogP contribution in [-0.2, 0) is 9.53 Å². The summed E-state index contributed by atoms with van der Waals surface area (Å²) in [5, 5.41) is 1.06. The highest BCUT2D eigenvalue weighted by atomic mass is 16.5. The molecule has 0 bridgehead atoms. The molecule has 0 aliphatic rings. The van der Waals surface area contributed by atoms with Gasteiger partial charge in [-0.15, -0.1) is 0 Å². The van der Waals surface area contributed by atoms with Crippen molar-refractivity contribution in [1.82, 2.24) is 4.98 Å². The van der Waals surface area contributed by atoms with Gasteiger partial charge in [0, 0.05) is 11.4 Å². The van der Waals surface area contributed by atoms with Crippen LogP contribution in [0.5, 0.6) is 0 Å². The number of rotatable bonds is 4. The Bertz CT molecular complexity index is 718. The number of aromatic nitrogens is 1. The molecule has 2 aromatic rings. The van der Waals surface area contributed by atoms with E-state index in [0.29, 0.717) is 0 Å². The third kappa shape index (κ3) is 3.52. The monoisotopic (exact) mass is 298 g/mol. The molecule has 4 heteroatoms. The highest BCUT2D eigenvalue weighted by Crippen LogP contribution is 2.22. The van der Waals surface area contributed by atoms with Crippen molar-refractivity contribution in [1.29, 1.82) is 0 Å². The van der Waals surface area contributed by atoms with E-state index in [-0.39, 0.29) is 12.0 Å². The molecule has 0 saturated heterocycles. The Labute approximate surface area is 131 Å². The predicted molar refractivity (Wildman–Crippen MR) is 89.2 cm³/mol. The first-order valence-electron chi connectivity index (χ1n) is 7.27. The van der Waals surface area contributed by atoms with E-state index in [1.807, 2.05) is 63.3 Å². The smallest absolute Gasteiger partial charge is 0.315 e. The van der Waals surface area contributed by atoms with E-state index < -0.39 is 5.41 Å². The predicted octanol–water partition coefficient (Wildman–Crippen LogP) is 3.47. The summed E-state index contributed by atoms with van der Waals surface area (Å²) in [7, 11) is 1.40. The molecule has 2 rings (SSSR count). The van der Waals surface area contributed by atoms with Crippen LogP contribution in [0.25, 0.3) is 17.0 Å². The molecule has 1 aromatic carbocycles. The van der Waals surface area contributed by atoms with E-state index in [4.69, 9.17) is 10.5 Å². The number of carbonyl (C=O) groups is 1. The molecule has 0 aliphatic heterocycles. The number of methoxy groups -OCH3 is 1. The molecule has 2 N–H and O–H groups in total. The summed E-state index contributed by atoms with van der Waals surface area (Å²) in [5.41, 5.74) is 7.96. The highest BCUT2D eigenvalue weighted by Gasteiger charge is 2.24. The number of fused-ring (bicyclic) bond motifs is 1. The maximum Gasteiger partial charge on any atom is 0.315 e. The Balaban J connectivity index is 2.34. The van der Waals surface area contributed by atoms with Crippen molar-refractivity contribution >= 4 is 22.9 Å². The van der Waals surface area contributed by atoms with Gasteiger partial charge in [-0.2, -0.15) is 0 Å². The van der Waals surface area contributed by atoms with E-state index in [0.717, 1.165) is 22.2 Å². The van der Waals surface area contributed by atoms with Crippen LogP contribution in [0, 0.1) is 5.41 Å². The number of hydrogen-bond donors (Lipinski definition) is 1. The first-order valence-corrected chi connectivity index (χ1v) is 7.27. The van der Waals surface area contributed by atoms with Gasteiger partial charge < -0.3 is 10.5 Å². The highest BCUT2D eigenvalue weighted by molar-refractivity contribution is 5.83. The summed E-state index contributed by atoms with van der Waals surface area (Å²) in [5.74, 6) is -0.262. The Hall–Kier alpha value is -2.20. The lowest BCUT2D eigenvalue weighted by Gasteiger charge is -2.16. The Morgan fingerprint density at radius 3 is 2.64 bits per heavy atom. The summed E-state index contributed by atoms with van der Waals surface area (Å²) in [6.07, 6.45) is 3.76. The second-order valence-corrected chi connectivity index (χ2v) is 6.02. The fraction of sp³-hybridized carbons (Fsp3) is 0.333. The molecule has 1 aromatic heterocycles. The second-order valence-electron chi connectivity index (χ2n) is 6.02. The number of carbonyl (C=O) groups excluding carboxylic acids is 1. The summed E-state index contributed by atoms with van der Waals surface area (Å²) in [6, 6.07) is 9.88. The van der Waals surface area contributed by atoms with E-state index in [9.17, 15) is 4.79 Å². The van der Waals surface area contributed by atoms with E-state index >= 15 is 0 Å². The summed E-state index contributed by atoms with van der Waals surface area (Å²) < 4.78 is 4.80. The Morgan fingerprint density at radius 2 is 2.00 bits per heavy atom. The lowest BCUT2D eigenvalue weighted by molar-refractivity contribution is -0.148. The molecule has 0 amide bonds. The average molecular weight is 298 g/mol. The summed E-state index contributed by atoms with van der Waals surface area (Å²) in [4.78, 5) is 16.3. The van der Waals surface area contributed by atoms with Gasteiger partial charge in [0.25, 0.3) is 0 Å². The summed E-state index contributed by atoms with van der Waals surface area (Å²) >= 11 is 0. The summed E-state index contributed by atoms with van der Waals surface area (Å²) in [6.45, 7) is 5.56. The van der Waals surface area contributed by atoms with Crippen molar-refractivity contribution in [3.8, 4) is 0 Å². The van der Waals surface area contributed by atoms with Gasteiger partial charge in [-0.1, -0.05) is 30.4 Å². The topological polar surface area (TPSA) is 65.2 Å². The molecule has 116 valence electrons. The molecule has 0 radical (unpaired) electrons. The SMILES string of the molecule is COC(=O)C(C)(C)C=Cc1ccc2ccc(C(C)N)nc2c1. The number of ether oxygens (including phenoxy) is 1. The molecule has 0 saturated carbocycles. The van der Waals surface area contributed by atoms with Gasteiger partial charge in [0.05, 0.1) is 23.7 Å². The minimum atomic E-state index is -0.662. The van der Waals surface area contributed by atoms with Gasteiger partial charge in [-0.3, -0.25) is 9.78 Å². The van der Waals surface area contributed by atoms with Gasteiger partial charge >= 0.3 is 5.97 Å². The first kappa shape index (κ1) is 16.2. The average Bonchev–Trinajstić information content (AvgIpc) is 2.51. The van der Waals surface area contributed by atoms with Crippen LogP contribution >= 0.6 is 0 Å². The molecular weight excluding hydrogens is 276 g/mol. The van der Waals surface area contributed by atoms with Crippen molar-refractivity contribution in [2.75, 3.05) is 7.11 Å².